The largest absolute Gasteiger partial charge is 0.376 e. The molecule has 156 valence electrons. The number of guanidine groups is 1. The molecule has 1 aromatic rings. The molecule has 2 aliphatic heterocycles. The van der Waals surface area contributed by atoms with Gasteiger partial charge in [0, 0.05) is 33.3 Å². The molecule has 0 aliphatic carbocycles. The molecule has 2 atom stereocenters. The highest BCUT2D eigenvalue weighted by Gasteiger charge is 2.23. The normalized spacial score (nSPS) is 22.9. The number of rotatable bonds is 7. The third kappa shape index (κ3) is 6.49. The molecule has 0 bridgehead atoms. The van der Waals surface area contributed by atoms with Crippen LogP contribution in [0.2, 0.25) is 0 Å². The summed E-state index contributed by atoms with van der Waals surface area (Å²) in [7, 11) is 1.88. The van der Waals surface area contributed by atoms with Crippen LogP contribution >= 0.6 is 0 Å². The second-order valence-corrected chi connectivity index (χ2v) is 8.08. The Hall–Kier alpha value is -1.59. The molecule has 2 fully saturated rings. The van der Waals surface area contributed by atoms with Gasteiger partial charge in [0.15, 0.2) is 5.96 Å². The second kappa shape index (κ2) is 11.4. The van der Waals surface area contributed by atoms with Crippen molar-refractivity contribution in [1.82, 2.24) is 10.2 Å². The summed E-state index contributed by atoms with van der Waals surface area (Å²) in [6.45, 7) is 6.90. The van der Waals surface area contributed by atoms with E-state index in [1.54, 1.807) is 0 Å². The van der Waals surface area contributed by atoms with Gasteiger partial charge >= 0.3 is 0 Å². The molecule has 0 spiro atoms. The Morgan fingerprint density at radius 3 is 2.68 bits per heavy atom. The predicted octanol–water partition coefficient (Wildman–Crippen LogP) is 3.81. The summed E-state index contributed by atoms with van der Waals surface area (Å²) in [5.41, 5.74) is 1.40. The molecule has 28 heavy (non-hydrogen) atoms. The lowest BCUT2D eigenvalue weighted by Gasteiger charge is -2.35. The van der Waals surface area contributed by atoms with Crippen molar-refractivity contribution in [3.63, 3.8) is 0 Å². The van der Waals surface area contributed by atoms with Gasteiger partial charge in [-0.2, -0.15) is 0 Å². The van der Waals surface area contributed by atoms with Crippen molar-refractivity contribution in [1.29, 1.82) is 0 Å². The van der Waals surface area contributed by atoms with Gasteiger partial charge in [0.25, 0.3) is 0 Å². The molecular weight excluding hydrogens is 350 g/mol. The smallest absolute Gasteiger partial charge is 0.193 e. The zero-order valence-corrected chi connectivity index (χ0v) is 17.6. The average molecular weight is 388 g/mol. The zero-order valence-electron chi connectivity index (χ0n) is 17.6. The van der Waals surface area contributed by atoms with E-state index in [1.807, 2.05) is 7.05 Å². The van der Waals surface area contributed by atoms with Crippen LogP contribution in [-0.4, -0.2) is 63.0 Å². The molecule has 2 heterocycles. The fourth-order valence-electron chi connectivity index (χ4n) is 4.10. The average Bonchev–Trinajstić information content (AvgIpc) is 2.77. The minimum atomic E-state index is 0.313. The van der Waals surface area contributed by atoms with Crippen molar-refractivity contribution in [3.8, 4) is 0 Å². The Morgan fingerprint density at radius 1 is 1.21 bits per heavy atom. The van der Waals surface area contributed by atoms with Crippen LogP contribution in [0.3, 0.4) is 0 Å². The van der Waals surface area contributed by atoms with Crippen molar-refractivity contribution in [2.45, 2.75) is 63.6 Å². The third-order valence-corrected chi connectivity index (χ3v) is 5.97. The molecule has 0 aromatic heterocycles. The first-order chi connectivity index (χ1) is 13.8. The molecule has 5 nitrogen and oxygen atoms in total. The van der Waals surface area contributed by atoms with Crippen molar-refractivity contribution in [2.24, 2.45) is 4.99 Å². The number of aliphatic imine (C=N–C) groups is 1. The first-order valence-electron chi connectivity index (χ1n) is 11.0. The Bertz CT molecular complexity index is 579. The first kappa shape index (κ1) is 21.1. The summed E-state index contributed by atoms with van der Waals surface area (Å²) in [6, 6.07) is 10.7. The number of hydrogen-bond donors (Lipinski definition) is 1. The van der Waals surface area contributed by atoms with Gasteiger partial charge in [0.1, 0.15) is 0 Å². The Balaban J connectivity index is 1.34. The molecule has 1 N–H and O–H groups in total. The maximum atomic E-state index is 6.13. The van der Waals surface area contributed by atoms with E-state index in [2.05, 4.69) is 52.5 Å². The minimum Gasteiger partial charge on any atom is -0.376 e. The molecule has 3 rings (SSSR count). The van der Waals surface area contributed by atoms with Crippen LogP contribution in [-0.2, 0) is 9.47 Å². The van der Waals surface area contributed by atoms with E-state index < -0.39 is 0 Å². The molecule has 2 aliphatic rings. The van der Waals surface area contributed by atoms with Gasteiger partial charge < -0.3 is 19.7 Å². The summed E-state index contributed by atoms with van der Waals surface area (Å²) in [5.74, 6) is 1.57. The number of hydrogen-bond acceptors (Lipinski definition) is 3. The molecule has 0 radical (unpaired) electrons. The summed E-state index contributed by atoms with van der Waals surface area (Å²) < 4.78 is 11.9. The van der Waals surface area contributed by atoms with Gasteiger partial charge in [0.05, 0.1) is 18.8 Å². The van der Waals surface area contributed by atoms with E-state index in [0.717, 1.165) is 64.5 Å². The maximum Gasteiger partial charge on any atom is 0.193 e. The summed E-state index contributed by atoms with van der Waals surface area (Å²) in [5, 5.41) is 3.55. The monoisotopic (exact) mass is 387 g/mol. The van der Waals surface area contributed by atoms with Crippen LogP contribution in [0.25, 0.3) is 0 Å². The van der Waals surface area contributed by atoms with Crippen molar-refractivity contribution in [3.05, 3.63) is 35.9 Å². The van der Waals surface area contributed by atoms with Crippen LogP contribution in [0.4, 0.5) is 0 Å². The fourth-order valence-corrected chi connectivity index (χ4v) is 4.10. The second-order valence-electron chi connectivity index (χ2n) is 8.08. The van der Waals surface area contributed by atoms with E-state index >= 15 is 0 Å². The van der Waals surface area contributed by atoms with E-state index in [1.165, 1.54) is 18.4 Å². The van der Waals surface area contributed by atoms with Gasteiger partial charge in [-0.25, -0.2) is 0 Å². The highest BCUT2D eigenvalue weighted by Crippen LogP contribution is 2.19. The minimum absolute atomic E-state index is 0.313. The molecule has 0 amide bonds. The number of nitrogens with one attached hydrogen (secondary N) is 1. The highest BCUT2D eigenvalue weighted by molar-refractivity contribution is 5.79. The molecular formula is C23H37N3O2. The number of piperidine rings is 1. The van der Waals surface area contributed by atoms with Gasteiger partial charge in [-0.05, 0) is 50.0 Å². The highest BCUT2D eigenvalue weighted by atomic mass is 16.5. The van der Waals surface area contributed by atoms with Crippen molar-refractivity contribution in [2.75, 3.05) is 39.9 Å². The van der Waals surface area contributed by atoms with Gasteiger partial charge in [0.2, 0.25) is 0 Å². The first-order valence-corrected chi connectivity index (χ1v) is 11.0. The predicted molar refractivity (Wildman–Crippen MR) is 115 cm³/mol. The summed E-state index contributed by atoms with van der Waals surface area (Å²) in [6.07, 6.45) is 7.52. The number of benzene rings is 1. The van der Waals surface area contributed by atoms with E-state index in [9.17, 15) is 0 Å². The Labute approximate surface area is 170 Å². The van der Waals surface area contributed by atoms with Crippen LogP contribution < -0.4 is 5.32 Å². The molecule has 1 aromatic carbocycles. The quantitative estimate of drug-likeness (QED) is 0.571. The van der Waals surface area contributed by atoms with Gasteiger partial charge in [-0.3, -0.25) is 4.99 Å². The standard InChI is InChI=1S/C23H37N3O2/c1-19(20-8-4-3-5-9-20)11-14-25-23(24-2)26-15-12-21(13-16-26)28-18-22-10-6-7-17-27-22/h3-5,8-9,19,21-22H,6-7,10-18H2,1-2H3,(H,24,25). The van der Waals surface area contributed by atoms with E-state index in [-0.39, 0.29) is 0 Å². The molecule has 5 heteroatoms. The third-order valence-electron chi connectivity index (χ3n) is 5.97. The number of nitrogens with zero attached hydrogens (tertiary/aromatic N) is 2. The zero-order chi connectivity index (χ0) is 19.6. The van der Waals surface area contributed by atoms with Crippen LogP contribution in [0.1, 0.15) is 56.9 Å². The van der Waals surface area contributed by atoms with Crippen LogP contribution in [0.5, 0.6) is 0 Å². The number of ether oxygens (including phenoxy) is 2. The summed E-state index contributed by atoms with van der Waals surface area (Å²) in [4.78, 5) is 6.86. The Morgan fingerprint density at radius 2 is 2.00 bits per heavy atom. The van der Waals surface area contributed by atoms with Crippen molar-refractivity contribution < 1.29 is 9.47 Å². The topological polar surface area (TPSA) is 46.1 Å². The van der Waals surface area contributed by atoms with Gasteiger partial charge in [-0.15, -0.1) is 0 Å². The lowest BCUT2D eigenvalue weighted by atomic mass is 9.98. The number of likely N-dealkylation sites (tertiary alicyclic amines) is 1. The molecule has 2 saturated heterocycles. The van der Waals surface area contributed by atoms with Crippen LogP contribution in [0.15, 0.2) is 35.3 Å². The molecule has 2 unspecified atom stereocenters. The lowest BCUT2D eigenvalue weighted by Crippen LogP contribution is -2.47. The SMILES string of the molecule is CN=C(NCCC(C)c1ccccc1)N1CCC(OCC2CCCCO2)CC1. The molecule has 0 saturated carbocycles. The maximum absolute atomic E-state index is 6.13. The van der Waals surface area contributed by atoms with Crippen LogP contribution in [0, 0.1) is 0 Å². The fraction of sp³-hybridized carbons (Fsp3) is 0.696. The Kier molecular flexibility index (Phi) is 8.62. The summed E-state index contributed by atoms with van der Waals surface area (Å²) >= 11 is 0. The lowest BCUT2D eigenvalue weighted by molar-refractivity contribution is -0.0721. The van der Waals surface area contributed by atoms with Gasteiger partial charge in [-0.1, -0.05) is 37.3 Å². The van der Waals surface area contributed by atoms with E-state index in [0.29, 0.717) is 18.1 Å². The van der Waals surface area contributed by atoms with Crippen molar-refractivity contribution >= 4 is 5.96 Å². The van der Waals surface area contributed by atoms with E-state index in [4.69, 9.17) is 9.47 Å².